The van der Waals surface area contributed by atoms with E-state index in [2.05, 4.69) is 31.4 Å². The van der Waals surface area contributed by atoms with E-state index in [1.54, 1.807) is 36.2 Å². The SMILES string of the molecule is CNC(C)CNC(=O)c1cccc(C(=O)N(C)CC(C)(C)C)c1.Cl. The molecule has 1 aromatic rings. The highest BCUT2D eigenvalue weighted by Gasteiger charge is 2.19. The zero-order chi connectivity index (χ0) is 17.6. The van der Waals surface area contributed by atoms with Gasteiger partial charge in [0.25, 0.3) is 11.8 Å². The van der Waals surface area contributed by atoms with Crippen LogP contribution in [0, 0.1) is 5.41 Å². The van der Waals surface area contributed by atoms with Gasteiger partial charge in [0.1, 0.15) is 0 Å². The summed E-state index contributed by atoms with van der Waals surface area (Å²) in [5.74, 6) is -0.238. The van der Waals surface area contributed by atoms with Crippen molar-refractivity contribution < 1.29 is 9.59 Å². The van der Waals surface area contributed by atoms with E-state index in [0.717, 1.165) is 0 Å². The third-order valence-corrected chi connectivity index (χ3v) is 3.49. The Morgan fingerprint density at radius 3 is 2.33 bits per heavy atom. The molecule has 0 saturated heterocycles. The standard InChI is InChI=1S/C18H29N3O2.ClH/c1-13(19-5)11-20-16(22)14-8-7-9-15(10-14)17(23)21(6)12-18(2,3)4;/h7-10,13,19H,11-12H2,1-6H3,(H,20,22);1H. The summed E-state index contributed by atoms with van der Waals surface area (Å²) in [5.41, 5.74) is 1.07. The number of benzene rings is 1. The van der Waals surface area contributed by atoms with Crippen LogP contribution in [-0.2, 0) is 0 Å². The monoisotopic (exact) mass is 355 g/mol. The summed E-state index contributed by atoms with van der Waals surface area (Å²) >= 11 is 0. The van der Waals surface area contributed by atoms with Gasteiger partial charge in [0.2, 0.25) is 0 Å². The number of hydrogen-bond acceptors (Lipinski definition) is 3. The van der Waals surface area contributed by atoms with Crippen LogP contribution in [0.4, 0.5) is 0 Å². The van der Waals surface area contributed by atoms with Crippen molar-refractivity contribution in [3.05, 3.63) is 35.4 Å². The number of nitrogens with one attached hydrogen (secondary N) is 2. The van der Waals surface area contributed by atoms with E-state index < -0.39 is 0 Å². The summed E-state index contributed by atoms with van der Waals surface area (Å²) in [6.07, 6.45) is 0. The molecule has 2 N–H and O–H groups in total. The number of nitrogens with zero attached hydrogens (tertiary/aromatic N) is 1. The average molecular weight is 356 g/mol. The lowest BCUT2D eigenvalue weighted by Crippen LogP contribution is -2.37. The van der Waals surface area contributed by atoms with Crippen molar-refractivity contribution >= 4 is 24.2 Å². The highest BCUT2D eigenvalue weighted by molar-refractivity contribution is 5.99. The van der Waals surface area contributed by atoms with Gasteiger partial charge in [-0.2, -0.15) is 0 Å². The van der Waals surface area contributed by atoms with Gasteiger partial charge in [-0.15, -0.1) is 12.4 Å². The van der Waals surface area contributed by atoms with Gasteiger partial charge in [-0.3, -0.25) is 9.59 Å². The van der Waals surface area contributed by atoms with Crippen molar-refractivity contribution in [2.24, 2.45) is 5.41 Å². The number of carbonyl (C=O) groups is 2. The highest BCUT2D eigenvalue weighted by atomic mass is 35.5. The molecule has 0 radical (unpaired) electrons. The van der Waals surface area contributed by atoms with Crippen LogP contribution in [-0.4, -0.2) is 49.9 Å². The minimum atomic E-state index is -0.166. The molecule has 0 aliphatic rings. The van der Waals surface area contributed by atoms with Gasteiger partial charge >= 0.3 is 0 Å². The molecular formula is C18H30ClN3O2. The van der Waals surface area contributed by atoms with Crippen LogP contribution in [0.1, 0.15) is 48.4 Å². The van der Waals surface area contributed by atoms with Crippen LogP contribution < -0.4 is 10.6 Å². The first-order valence-corrected chi connectivity index (χ1v) is 7.95. The molecule has 2 amide bonds. The number of halogens is 1. The fourth-order valence-corrected chi connectivity index (χ4v) is 2.25. The van der Waals surface area contributed by atoms with Crippen LogP contribution in [0.2, 0.25) is 0 Å². The molecule has 0 aliphatic carbocycles. The van der Waals surface area contributed by atoms with Gasteiger partial charge < -0.3 is 15.5 Å². The van der Waals surface area contributed by atoms with E-state index in [1.807, 2.05) is 14.0 Å². The molecule has 0 fully saturated rings. The van der Waals surface area contributed by atoms with Crippen molar-refractivity contribution in [2.45, 2.75) is 33.7 Å². The maximum absolute atomic E-state index is 12.5. The molecule has 1 unspecified atom stereocenters. The van der Waals surface area contributed by atoms with Crippen LogP contribution in [0.5, 0.6) is 0 Å². The summed E-state index contributed by atoms with van der Waals surface area (Å²) in [6, 6.07) is 7.06. The van der Waals surface area contributed by atoms with Crippen molar-refractivity contribution in [3.63, 3.8) is 0 Å². The maximum atomic E-state index is 12.5. The van der Waals surface area contributed by atoms with E-state index >= 15 is 0 Å². The predicted octanol–water partition coefficient (Wildman–Crippen LogP) is 2.56. The van der Waals surface area contributed by atoms with Gasteiger partial charge in [-0.25, -0.2) is 0 Å². The fourth-order valence-electron chi connectivity index (χ4n) is 2.25. The molecule has 0 saturated carbocycles. The zero-order valence-electron chi connectivity index (χ0n) is 15.5. The van der Waals surface area contributed by atoms with Gasteiger partial charge in [-0.05, 0) is 37.6 Å². The van der Waals surface area contributed by atoms with Crippen LogP contribution in [0.15, 0.2) is 24.3 Å². The van der Waals surface area contributed by atoms with E-state index in [9.17, 15) is 9.59 Å². The average Bonchev–Trinajstić information content (AvgIpc) is 2.49. The zero-order valence-corrected chi connectivity index (χ0v) is 16.3. The maximum Gasteiger partial charge on any atom is 0.253 e. The lowest BCUT2D eigenvalue weighted by Gasteiger charge is -2.26. The molecule has 0 aliphatic heterocycles. The summed E-state index contributed by atoms with van der Waals surface area (Å²) in [7, 11) is 3.64. The number of hydrogen-bond donors (Lipinski definition) is 2. The Morgan fingerprint density at radius 1 is 1.21 bits per heavy atom. The van der Waals surface area contributed by atoms with Crippen molar-refractivity contribution in [1.29, 1.82) is 0 Å². The minimum Gasteiger partial charge on any atom is -0.350 e. The molecule has 1 aromatic carbocycles. The van der Waals surface area contributed by atoms with Crippen LogP contribution in [0.3, 0.4) is 0 Å². The molecule has 0 heterocycles. The van der Waals surface area contributed by atoms with E-state index in [1.165, 1.54) is 0 Å². The van der Waals surface area contributed by atoms with Crippen molar-refractivity contribution in [2.75, 3.05) is 27.2 Å². The molecular weight excluding hydrogens is 326 g/mol. The first-order chi connectivity index (χ1) is 10.6. The number of rotatable bonds is 6. The first kappa shape index (κ1) is 22.4. The fraction of sp³-hybridized carbons (Fsp3) is 0.556. The van der Waals surface area contributed by atoms with E-state index in [0.29, 0.717) is 24.2 Å². The third kappa shape index (κ3) is 7.32. The van der Waals surface area contributed by atoms with Crippen molar-refractivity contribution in [3.8, 4) is 0 Å². The Balaban J connectivity index is 0.00000529. The molecule has 0 aromatic heterocycles. The van der Waals surface area contributed by atoms with Gasteiger partial charge in [0, 0.05) is 37.3 Å². The minimum absolute atomic E-state index is 0. The summed E-state index contributed by atoms with van der Waals surface area (Å²) in [6.45, 7) is 9.44. The van der Waals surface area contributed by atoms with Crippen molar-refractivity contribution in [1.82, 2.24) is 15.5 Å². The number of amides is 2. The smallest absolute Gasteiger partial charge is 0.253 e. The topological polar surface area (TPSA) is 61.4 Å². The molecule has 6 heteroatoms. The molecule has 5 nitrogen and oxygen atoms in total. The van der Waals surface area contributed by atoms with Gasteiger partial charge in [0.15, 0.2) is 0 Å². The largest absolute Gasteiger partial charge is 0.350 e. The quantitative estimate of drug-likeness (QED) is 0.824. The molecule has 136 valence electrons. The molecule has 0 spiro atoms. The highest BCUT2D eigenvalue weighted by Crippen LogP contribution is 2.16. The second kappa shape index (κ2) is 9.64. The normalized spacial score (nSPS) is 12.1. The predicted molar refractivity (Wildman–Crippen MR) is 101 cm³/mol. The molecule has 24 heavy (non-hydrogen) atoms. The van der Waals surface area contributed by atoms with E-state index in [-0.39, 0.29) is 35.7 Å². The third-order valence-electron chi connectivity index (χ3n) is 3.49. The molecule has 1 rings (SSSR count). The lowest BCUT2D eigenvalue weighted by molar-refractivity contribution is 0.0745. The second-order valence-corrected chi connectivity index (χ2v) is 7.20. The number of carbonyl (C=O) groups excluding carboxylic acids is 2. The Bertz CT molecular complexity index is 555. The summed E-state index contributed by atoms with van der Waals surface area (Å²) < 4.78 is 0. The molecule has 0 bridgehead atoms. The summed E-state index contributed by atoms with van der Waals surface area (Å²) in [5, 5.41) is 5.92. The lowest BCUT2D eigenvalue weighted by atomic mass is 9.96. The van der Waals surface area contributed by atoms with Crippen LogP contribution in [0.25, 0.3) is 0 Å². The Hall–Kier alpha value is -1.59. The van der Waals surface area contributed by atoms with Crippen LogP contribution >= 0.6 is 12.4 Å². The second-order valence-electron chi connectivity index (χ2n) is 7.20. The first-order valence-electron chi connectivity index (χ1n) is 7.95. The Kier molecular flexibility index (Phi) is 9.01. The van der Waals surface area contributed by atoms with E-state index in [4.69, 9.17) is 0 Å². The Morgan fingerprint density at radius 2 is 1.79 bits per heavy atom. The summed E-state index contributed by atoms with van der Waals surface area (Å²) in [4.78, 5) is 26.4. The van der Waals surface area contributed by atoms with Gasteiger partial charge in [0.05, 0.1) is 0 Å². The molecule has 1 atom stereocenters. The van der Waals surface area contributed by atoms with Gasteiger partial charge in [-0.1, -0.05) is 26.8 Å². The number of likely N-dealkylation sites (N-methyl/N-ethyl adjacent to an activating group) is 1. The Labute approximate surface area is 151 Å².